The first kappa shape index (κ1) is 15.3. The molecule has 1 saturated carbocycles. The highest BCUT2D eigenvalue weighted by Crippen LogP contribution is 2.58. The van der Waals surface area contributed by atoms with Gasteiger partial charge in [0, 0.05) is 17.9 Å². The summed E-state index contributed by atoms with van der Waals surface area (Å²) in [6.07, 6.45) is 2.02. The van der Waals surface area contributed by atoms with E-state index in [2.05, 4.69) is 0 Å². The van der Waals surface area contributed by atoms with E-state index in [0.29, 0.717) is 13.1 Å². The Balaban J connectivity index is 1.76. The zero-order valence-electron chi connectivity index (χ0n) is 13.6. The third-order valence-corrected chi connectivity index (χ3v) is 6.33. The lowest BCUT2D eigenvalue weighted by Gasteiger charge is -2.67. The Bertz CT molecular complexity index is 456. The Morgan fingerprint density at radius 1 is 1.38 bits per heavy atom. The summed E-state index contributed by atoms with van der Waals surface area (Å²) in [4.78, 5) is 14.7. The number of hydrogen-bond donors (Lipinski definition) is 2. The average molecular weight is 296 g/mol. The highest BCUT2D eigenvalue weighted by Gasteiger charge is 2.71. The van der Waals surface area contributed by atoms with E-state index >= 15 is 0 Å². The number of carbonyl (C=O) groups is 1. The zero-order chi connectivity index (χ0) is 15.6. The predicted octanol–water partition coefficient (Wildman–Crippen LogP) is 0.748. The largest absolute Gasteiger partial charge is 0.386 e. The van der Waals surface area contributed by atoms with Crippen LogP contribution in [0.4, 0.5) is 0 Å². The van der Waals surface area contributed by atoms with E-state index in [-0.39, 0.29) is 29.3 Å². The molecule has 5 nitrogen and oxygen atoms in total. The van der Waals surface area contributed by atoms with Crippen LogP contribution in [-0.2, 0) is 9.53 Å². The minimum absolute atomic E-state index is 0.00965. The second-order valence-electron chi connectivity index (χ2n) is 8.05. The number of nitrogens with zero attached hydrogens (tertiary/aromatic N) is 1. The van der Waals surface area contributed by atoms with Crippen LogP contribution in [0, 0.1) is 17.3 Å². The number of nitrogens with two attached hydrogens (primary N) is 1. The van der Waals surface area contributed by atoms with Crippen molar-refractivity contribution >= 4 is 5.91 Å². The Hall–Kier alpha value is -0.650. The molecule has 1 aliphatic carbocycles. The van der Waals surface area contributed by atoms with E-state index in [1.54, 1.807) is 4.90 Å². The lowest BCUT2D eigenvalue weighted by molar-refractivity contribution is -0.238. The van der Waals surface area contributed by atoms with E-state index in [9.17, 15) is 9.90 Å². The van der Waals surface area contributed by atoms with Gasteiger partial charge >= 0.3 is 0 Å². The van der Waals surface area contributed by atoms with E-state index in [4.69, 9.17) is 10.5 Å². The van der Waals surface area contributed by atoms with Gasteiger partial charge in [0.05, 0.1) is 19.2 Å². The van der Waals surface area contributed by atoms with Crippen molar-refractivity contribution in [2.24, 2.45) is 23.0 Å². The second-order valence-corrected chi connectivity index (χ2v) is 8.05. The lowest BCUT2D eigenvalue weighted by atomic mass is 9.46. The molecular formula is C16H28N2O3. The third kappa shape index (κ3) is 1.77. The van der Waals surface area contributed by atoms with Crippen LogP contribution in [-0.4, -0.2) is 52.9 Å². The monoisotopic (exact) mass is 296 g/mol. The van der Waals surface area contributed by atoms with Crippen LogP contribution in [0.1, 0.15) is 40.5 Å². The van der Waals surface area contributed by atoms with Gasteiger partial charge in [-0.05, 0) is 18.8 Å². The quantitative estimate of drug-likeness (QED) is 0.788. The van der Waals surface area contributed by atoms with Gasteiger partial charge < -0.3 is 20.5 Å². The van der Waals surface area contributed by atoms with Crippen LogP contribution in [0.2, 0.25) is 0 Å². The number of β-amino-alcohol motifs (C(OH)–C–C–N with tert-alkyl or cyclic N) is 1. The average Bonchev–Trinajstić information content (AvgIpc) is 2.41. The summed E-state index contributed by atoms with van der Waals surface area (Å²) in [5.41, 5.74) is 4.66. The minimum Gasteiger partial charge on any atom is -0.386 e. The number of fused-ring (bicyclic) bond motifs is 1. The van der Waals surface area contributed by atoms with Crippen molar-refractivity contribution in [1.82, 2.24) is 4.90 Å². The molecule has 0 spiro atoms. The molecule has 1 amide bonds. The zero-order valence-corrected chi connectivity index (χ0v) is 13.6. The van der Waals surface area contributed by atoms with Gasteiger partial charge in [-0.25, -0.2) is 0 Å². The van der Waals surface area contributed by atoms with Crippen LogP contribution >= 0.6 is 0 Å². The van der Waals surface area contributed by atoms with Crippen LogP contribution in [0.25, 0.3) is 0 Å². The maximum absolute atomic E-state index is 12.9. The SMILES string of the molecule is CC(C)C1(O)CN(C(=O)C2(N)C3CCCOC3C2(C)C)C1. The lowest BCUT2D eigenvalue weighted by Crippen LogP contribution is -2.84. The summed E-state index contributed by atoms with van der Waals surface area (Å²) >= 11 is 0. The molecule has 3 atom stereocenters. The molecule has 5 heteroatoms. The molecule has 3 unspecified atom stereocenters. The first-order valence-corrected chi connectivity index (χ1v) is 8.07. The Kier molecular flexibility index (Phi) is 3.22. The molecule has 3 aliphatic rings. The number of aliphatic hydroxyl groups is 1. The number of rotatable bonds is 2. The molecule has 2 saturated heterocycles. The fourth-order valence-electron chi connectivity index (χ4n) is 4.40. The van der Waals surface area contributed by atoms with Crippen molar-refractivity contribution < 1.29 is 14.6 Å². The molecule has 0 aromatic carbocycles. The molecule has 3 fully saturated rings. The van der Waals surface area contributed by atoms with Crippen LogP contribution in [0.3, 0.4) is 0 Å². The van der Waals surface area contributed by atoms with Crippen molar-refractivity contribution in [3.63, 3.8) is 0 Å². The molecule has 0 bridgehead atoms. The summed E-state index contributed by atoms with van der Waals surface area (Å²) in [6.45, 7) is 9.60. The van der Waals surface area contributed by atoms with Crippen molar-refractivity contribution in [2.75, 3.05) is 19.7 Å². The van der Waals surface area contributed by atoms with Gasteiger partial charge in [0.15, 0.2) is 0 Å². The number of ether oxygens (including phenoxy) is 1. The van der Waals surface area contributed by atoms with Gasteiger partial charge in [-0.15, -0.1) is 0 Å². The Labute approximate surface area is 126 Å². The molecule has 2 aliphatic heterocycles. The molecule has 21 heavy (non-hydrogen) atoms. The van der Waals surface area contributed by atoms with Gasteiger partial charge in [-0.2, -0.15) is 0 Å². The van der Waals surface area contributed by atoms with Gasteiger partial charge in [-0.1, -0.05) is 27.7 Å². The number of carbonyl (C=O) groups excluding carboxylic acids is 1. The fourth-order valence-corrected chi connectivity index (χ4v) is 4.40. The van der Waals surface area contributed by atoms with Crippen molar-refractivity contribution in [3.05, 3.63) is 0 Å². The number of amides is 1. The normalized spacial score (nSPS) is 40.2. The van der Waals surface area contributed by atoms with Gasteiger partial charge in [-0.3, -0.25) is 4.79 Å². The first-order valence-electron chi connectivity index (χ1n) is 8.07. The van der Waals surface area contributed by atoms with E-state index in [1.807, 2.05) is 27.7 Å². The van der Waals surface area contributed by atoms with E-state index in [0.717, 1.165) is 19.4 Å². The summed E-state index contributed by atoms with van der Waals surface area (Å²) in [5.74, 6) is 0.251. The summed E-state index contributed by atoms with van der Waals surface area (Å²) in [6, 6.07) is 0. The maximum atomic E-state index is 12.9. The predicted molar refractivity (Wildman–Crippen MR) is 79.5 cm³/mol. The molecule has 0 aromatic heterocycles. The van der Waals surface area contributed by atoms with Gasteiger partial charge in [0.2, 0.25) is 5.91 Å². The van der Waals surface area contributed by atoms with Gasteiger partial charge in [0.1, 0.15) is 11.1 Å². The minimum atomic E-state index is -0.851. The van der Waals surface area contributed by atoms with E-state index < -0.39 is 11.1 Å². The van der Waals surface area contributed by atoms with Crippen molar-refractivity contribution in [3.8, 4) is 0 Å². The van der Waals surface area contributed by atoms with Gasteiger partial charge in [0.25, 0.3) is 0 Å². The molecule has 2 heterocycles. The van der Waals surface area contributed by atoms with Crippen molar-refractivity contribution in [1.29, 1.82) is 0 Å². The highest BCUT2D eigenvalue weighted by atomic mass is 16.5. The molecule has 0 aromatic rings. The third-order valence-electron chi connectivity index (χ3n) is 6.33. The molecule has 3 rings (SSSR count). The van der Waals surface area contributed by atoms with Crippen LogP contribution < -0.4 is 5.73 Å². The van der Waals surface area contributed by atoms with Crippen LogP contribution in [0.15, 0.2) is 0 Å². The summed E-state index contributed by atoms with van der Waals surface area (Å²) in [7, 11) is 0. The highest BCUT2D eigenvalue weighted by molar-refractivity contribution is 5.90. The second kappa shape index (κ2) is 4.43. The van der Waals surface area contributed by atoms with E-state index in [1.165, 1.54) is 0 Å². The molecular weight excluding hydrogens is 268 g/mol. The van der Waals surface area contributed by atoms with Crippen LogP contribution in [0.5, 0.6) is 0 Å². The Morgan fingerprint density at radius 3 is 2.57 bits per heavy atom. The standard InChI is InChI=1S/C16H28N2O3/c1-10(2)15(20)8-18(9-15)13(19)16(17)11-6-5-7-21-12(11)14(16,3)4/h10-12,20H,5-9,17H2,1-4H3. The molecule has 3 N–H and O–H groups in total. The number of hydrogen-bond acceptors (Lipinski definition) is 4. The number of likely N-dealkylation sites (tertiary alicyclic amines) is 1. The first-order chi connectivity index (χ1) is 9.64. The fraction of sp³-hybridized carbons (Fsp3) is 0.938. The molecule has 120 valence electrons. The maximum Gasteiger partial charge on any atom is 0.243 e. The smallest absolute Gasteiger partial charge is 0.243 e. The summed E-state index contributed by atoms with van der Waals surface area (Å²) < 4.78 is 5.85. The summed E-state index contributed by atoms with van der Waals surface area (Å²) in [5, 5.41) is 10.4. The topological polar surface area (TPSA) is 75.8 Å². The Morgan fingerprint density at radius 2 is 2.00 bits per heavy atom. The van der Waals surface area contributed by atoms with Crippen molar-refractivity contribution in [2.45, 2.75) is 57.8 Å². The molecule has 0 radical (unpaired) electrons.